The van der Waals surface area contributed by atoms with Crippen molar-refractivity contribution < 1.29 is 9.53 Å². The third kappa shape index (κ3) is 4.00. The van der Waals surface area contributed by atoms with Gasteiger partial charge in [-0.05, 0) is 12.5 Å². The van der Waals surface area contributed by atoms with Crippen molar-refractivity contribution in [2.24, 2.45) is 10.8 Å². The molecule has 0 atom stereocenters. The Bertz CT molecular complexity index is 372. The van der Waals surface area contributed by atoms with Crippen molar-refractivity contribution >= 4 is 11.9 Å². The Hall–Kier alpha value is -2.04. The summed E-state index contributed by atoms with van der Waals surface area (Å²) in [4.78, 5) is 11.4. The van der Waals surface area contributed by atoms with E-state index in [2.05, 4.69) is 5.10 Å². The van der Waals surface area contributed by atoms with Gasteiger partial charge in [-0.1, -0.05) is 30.3 Å². The van der Waals surface area contributed by atoms with Crippen LogP contribution in [0.25, 0.3) is 0 Å². The molecule has 0 unspecified atom stereocenters. The molecule has 0 aliphatic carbocycles. The van der Waals surface area contributed by atoms with E-state index < -0.39 is 6.09 Å². The fourth-order valence-corrected chi connectivity index (χ4v) is 1.09. The molecule has 86 valence electrons. The summed E-state index contributed by atoms with van der Waals surface area (Å²) in [5.41, 5.74) is 6.27. The number of hydrazone groups is 1. The molecule has 16 heavy (non-hydrogen) atoms. The average molecular weight is 221 g/mol. The number of rotatable bonds is 3. The highest BCUT2D eigenvalue weighted by atomic mass is 16.6. The van der Waals surface area contributed by atoms with Gasteiger partial charge in [0.1, 0.15) is 12.4 Å². The zero-order valence-electron chi connectivity index (χ0n) is 9.38. The van der Waals surface area contributed by atoms with Gasteiger partial charge in [-0.2, -0.15) is 10.1 Å². The van der Waals surface area contributed by atoms with Gasteiger partial charge in [0.2, 0.25) is 0 Å². The number of amidine groups is 1. The average Bonchev–Trinajstić information content (AvgIpc) is 2.26. The number of ether oxygens (including phenoxy) is 1. The summed E-state index contributed by atoms with van der Waals surface area (Å²) in [6, 6.07) is 9.43. The maximum atomic E-state index is 11.4. The maximum Gasteiger partial charge on any atom is 0.430 e. The molecule has 0 radical (unpaired) electrons. The highest BCUT2D eigenvalue weighted by Gasteiger charge is 2.08. The maximum absolute atomic E-state index is 11.4. The van der Waals surface area contributed by atoms with Gasteiger partial charge in [-0.15, -0.1) is 0 Å². The molecular weight excluding hydrogens is 206 g/mol. The lowest BCUT2D eigenvalue weighted by Gasteiger charge is -2.11. The molecule has 0 fully saturated rings. The van der Waals surface area contributed by atoms with Crippen LogP contribution in [0.4, 0.5) is 4.79 Å². The van der Waals surface area contributed by atoms with E-state index in [1.54, 1.807) is 6.92 Å². The van der Waals surface area contributed by atoms with E-state index in [0.29, 0.717) is 5.84 Å². The van der Waals surface area contributed by atoms with Crippen molar-refractivity contribution in [1.82, 2.24) is 5.01 Å². The first-order chi connectivity index (χ1) is 7.59. The predicted molar refractivity (Wildman–Crippen MR) is 61.7 cm³/mol. The zero-order valence-corrected chi connectivity index (χ0v) is 9.38. The lowest BCUT2D eigenvalue weighted by atomic mass is 10.2. The second kappa shape index (κ2) is 5.75. The quantitative estimate of drug-likeness (QED) is 0.478. The third-order valence-electron chi connectivity index (χ3n) is 1.78. The van der Waals surface area contributed by atoms with Gasteiger partial charge in [0.05, 0.1) is 0 Å². The minimum absolute atomic E-state index is 0.225. The smallest absolute Gasteiger partial charge is 0.430 e. The van der Waals surface area contributed by atoms with Crippen LogP contribution in [0.1, 0.15) is 12.5 Å². The fraction of sp³-hybridized carbons (Fsp3) is 0.273. The van der Waals surface area contributed by atoms with Crippen LogP contribution in [0, 0.1) is 0 Å². The lowest BCUT2D eigenvalue weighted by molar-refractivity contribution is 0.106. The van der Waals surface area contributed by atoms with E-state index >= 15 is 0 Å². The Labute approximate surface area is 94.5 Å². The van der Waals surface area contributed by atoms with Crippen LogP contribution < -0.4 is 5.73 Å². The van der Waals surface area contributed by atoms with E-state index in [1.165, 1.54) is 7.05 Å². The number of benzene rings is 1. The number of amides is 1. The van der Waals surface area contributed by atoms with Crippen LogP contribution in [0.5, 0.6) is 0 Å². The molecule has 0 bridgehead atoms. The van der Waals surface area contributed by atoms with E-state index in [1.807, 2.05) is 30.3 Å². The molecule has 0 aromatic heterocycles. The summed E-state index contributed by atoms with van der Waals surface area (Å²) in [7, 11) is 1.49. The first-order valence-corrected chi connectivity index (χ1v) is 4.84. The summed E-state index contributed by atoms with van der Waals surface area (Å²) in [6.45, 7) is 1.82. The Morgan fingerprint density at radius 1 is 1.44 bits per heavy atom. The molecule has 1 aromatic carbocycles. The van der Waals surface area contributed by atoms with Crippen molar-refractivity contribution in [3.63, 3.8) is 0 Å². The highest BCUT2D eigenvalue weighted by molar-refractivity contribution is 5.79. The van der Waals surface area contributed by atoms with E-state index in [4.69, 9.17) is 10.5 Å². The van der Waals surface area contributed by atoms with Crippen molar-refractivity contribution in [3.8, 4) is 0 Å². The molecule has 0 heterocycles. The number of nitrogens with two attached hydrogens (primary N) is 1. The normalized spacial score (nSPS) is 11.0. The minimum Gasteiger partial charge on any atom is -0.443 e. The number of hydrogen-bond acceptors (Lipinski definition) is 3. The van der Waals surface area contributed by atoms with Crippen LogP contribution >= 0.6 is 0 Å². The number of hydrogen-bond donors (Lipinski definition) is 1. The Kier molecular flexibility index (Phi) is 4.32. The van der Waals surface area contributed by atoms with Gasteiger partial charge in [-0.25, -0.2) is 4.79 Å². The standard InChI is InChI=1S/C11H15N3O2/c1-9(12)13-14(2)11(15)16-8-10-6-4-3-5-7-10/h3-7H,8H2,1-2H3,(H2,12,13). The fourth-order valence-electron chi connectivity index (χ4n) is 1.09. The molecule has 5 nitrogen and oxygen atoms in total. The molecule has 0 aliphatic heterocycles. The second-order valence-electron chi connectivity index (χ2n) is 3.31. The van der Waals surface area contributed by atoms with Gasteiger partial charge < -0.3 is 10.5 Å². The lowest BCUT2D eigenvalue weighted by Crippen LogP contribution is -2.25. The summed E-state index contributed by atoms with van der Waals surface area (Å²) in [5.74, 6) is 0.305. The summed E-state index contributed by atoms with van der Waals surface area (Å²) < 4.78 is 5.02. The van der Waals surface area contributed by atoms with Crippen molar-refractivity contribution in [3.05, 3.63) is 35.9 Å². The monoisotopic (exact) mass is 221 g/mol. The number of carbonyl (C=O) groups is 1. The van der Waals surface area contributed by atoms with Crippen LogP contribution in [-0.2, 0) is 11.3 Å². The second-order valence-corrected chi connectivity index (χ2v) is 3.31. The number of carbonyl (C=O) groups excluding carboxylic acids is 1. The summed E-state index contributed by atoms with van der Waals surface area (Å²) in [6.07, 6.45) is -0.534. The minimum atomic E-state index is -0.534. The van der Waals surface area contributed by atoms with Crippen LogP contribution in [0.2, 0.25) is 0 Å². The Morgan fingerprint density at radius 2 is 2.06 bits per heavy atom. The van der Waals surface area contributed by atoms with Crippen molar-refractivity contribution in [1.29, 1.82) is 0 Å². The molecule has 1 amide bonds. The topological polar surface area (TPSA) is 67.9 Å². The highest BCUT2D eigenvalue weighted by Crippen LogP contribution is 2.02. The predicted octanol–water partition coefficient (Wildman–Crippen LogP) is 1.55. The molecule has 1 rings (SSSR count). The van der Waals surface area contributed by atoms with Gasteiger partial charge in [-0.3, -0.25) is 0 Å². The van der Waals surface area contributed by atoms with Crippen molar-refractivity contribution in [2.75, 3.05) is 7.05 Å². The number of nitrogens with zero attached hydrogens (tertiary/aromatic N) is 2. The van der Waals surface area contributed by atoms with E-state index in [9.17, 15) is 4.79 Å². The molecule has 0 aliphatic rings. The summed E-state index contributed by atoms with van der Waals surface area (Å²) in [5, 5.41) is 4.81. The third-order valence-corrected chi connectivity index (χ3v) is 1.78. The molecule has 2 N–H and O–H groups in total. The zero-order chi connectivity index (χ0) is 12.0. The molecule has 0 saturated carbocycles. The van der Waals surface area contributed by atoms with Crippen LogP contribution in [0.3, 0.4) is 0 Å². The molecule has 0 saturated heterocycles. The van der Waals surface area contributed by atoms with E-state index in [-0.39, 0.29) is 6.61 Å². The first-order valence-electron chi connectivity index (χ1n) is 4.84. The van der Waals surface area contributed by atoms with Gasteiger partial charge in [0, 0.05) is 7.05 Å². The Balaban J connectivity index is 2.44. The molecule has 0 spiro atoms. The molecular formula is C11H15N3O2. The summed E-state index contributed by atoms with van der Waals surface area (Å²) >= 11 is 0. The van der Waals surface area contributed by atoms with Gasteiger partial charge >= 0.3 is 6.09 Å². The van der Waals surface area contributed by atoms with Crippen LogP contribution in [-0.4, -0.2) is 24.0 Å². The van der Waals surface area contributed by atoms with Gasteiger partial charge in [0.15, 0.2) is 0 Å². The van der Waals surface area contributed by atoms with E-state index in [0.717, 1.165) is 10.6 Å². The van der Waals surface area contributed by atoms with Crippen molar-refractivity contribution in [2.45, 2.75) is 13.5 Å². The van der Waals surface area contributed by atoms with Gasteiger partial charge in [0.25, 0.3) is 0 Å². The molecule has 5 heteroatoms. The Morgan fingerprint density at radius 3 is 2.62 bits per heavy atom. The first kappa shape index (κ1) is 12.0. The largest absolute Gasteiger partial charge is 0.443 e. The van der Waals surface area contributed by atoms with Crippen LogP contribution in [0.15, 0.2) is 35.4 Å². The molecule has 1 aromatic rings. The SMILES string of the molecule is CC(N)=NN(C)C(=O)OCc1ccccc1.